The minimum atomic E-state index is 0.0416. The number of benzene rings is 1. The first-order valence-electron chi connectivity index (χ1n) is 7.52. The highest BCUT2D eigenvalue weighted by molar-refractivity contribution is 5.94. The molecule has 1 aliphatic carbocycles. The van der Waals surface area contributed by atoms with Crippen molar-refractivity contribution in [1.82, 2.24) is 4.90 Å². The summed E-state index contributed by atoms with van der Waals surface area (Å²) in [5.41, 5.74) is 1.51. The summed E-state index contributed by atoms with van der Waals surface area (Å²) in [6.45, 7) is 4.57. The van der Waals surface area contributed by atoms with Crippen molar-refractivity contribution in [3.8, 4) is 5.75 Å². The molecule has 2 unspecified atom stereocenters. The van der Waals surface area contributed by atoms with Crippen LogP contribution in [0.3, 0.4) is 0 Å². The lowest BCUT2D eigenvalue weighted by atomic mass is 9.85. The minimum Gasteiger partial charge on any atom is -0.508 e. The van der Waals surface area contributed by atoms with Crippen molar-refractivity contribution in [3.63, 3.8) is 0 Å². The van der Waals surface area contributed by atoms with Gasteiger partial charge in [0, 0.05) is 23.7 Å². The first-order chi connectivity index (χ1) is 9.49. The molecule has 20 heavy (non-hydrogen) atoms. The lowest BCUT2D eigenvalue weighted by molar-refractivity contribution is 0.101. The SMILES string of the molecule is CC(=O)c1ccc(O)c(CN(C)C2CCCCC2C)c1. The first-order valence-corrected chi connectivity index (χ1v) is 7.52. The molecular formula is C17H25NO2. The predicted octanol–water partition coefficient (Wildman–Crippen LogP) is 3.61. The number of hydrogen-bond acceptors (Lipinski definition) is 3. The third-order valence-corrected chi connectivity index (χ3v) is 4.54. The van der Waals surface area contributed by atoms with E-state index >= 15 is 0 Å². The summed E-state index contributed by atoms with van der Waals surface area (Å²) < 4.78 is 0. The molecule has 3 nitrogen and oxygen atoms in total. The molecule has 0 bridgehead atoms. The number of rotatable bonds is 4. The quantitative estimate of drug-likeness (QED) is 0.853. The van der Waals surface area contributed by atoms with Gasteiger partial charge in [0.1, 0.15) is 5.75 Å². The number of hydrogen-bond donors (Lipinski definition) is 1. The van der Waals surface area contributed by atoms with Crippen LogP contribution < -0.4 is 0 Å². The second kappa shape index (κ2) is 6.40. The standard InChI is InChI=1S/C17H25NO2/c1-12-6-4-5-7-16(12)18(3)11-15-10-14(13(2)19)8-9-17(15)20/h8-10,12,16,20H,4-7,11H2,1-3H3. The van der Waals surface area contributed by atoms with Crippen LogP contribution in [0.5, 0.6) is 5.75 Å². The number of carbonyl (C=O) groups excluding carboxylic acids is 1. The molecule has 0 aliphatic heterocycles. The fourth-order valence-electron chi connectivity index (χ4n) is 3.27. The first kappa shape index (κ1) is 15.0. The zero-order valence-corrected chi connectivity index (χ0v) is 12.7. The van der Waals surface area contributed by atoms with Gasteiger partial charge in [-0.3, -0.25) is 9.69 Å². The van der Waals surface area contributed by atoms with Gasteiger partial charge in [-0.05, 0) is 50.9 Å². The molecule has 0 aromatic heterocycles. The van der Waals surface area contributed by atoms with Crippen molar-refractivity contribution in [3.05, 3.63) is 29.3 Å². The van der Waals surface area contributed by atoms with Gasteiger partial charge in [0.05, 0.1) is 0 Å². The average Bonchev–Trinajstić information content (AvgIpc) is 2.41. The Balaban J connectivity index is 2.12. The van der Waals surface area contributed by atoms with Gasteiger partial charge >= 0.3 is 0 Å². The molecule has 1 saturated carbocycles. The van der Waals surface area contributed by atoms with Crippen LogP contribution in [0.25, 0.3) is 0 Å². The second-order valence-corrected chi connectivity index (χ2v) is 6.14. The third kappa shape index (κ3) is 3.40. The molecule has 1 aliphatic rings. The number of ketones is 1. The van der Waals surface area contributed by atoms with E-state index in [1.54, 1.807) is 19.1 Å². The maximum atomic E-state index is 11.5. The van der Waals surface area contributed by atoms with Crippen molar-refractivity contribution in [2.24, 2.45) is 5.92 Å². The Hall–Kier alpha value is -1.35. The lowest BCUT2D eigenvalue weighted by Crippen LogP contribution is -2.38. The summed E-state index contributed by atoms with van der Waals surface area (Å²) in [5, 5.41) is 9.99. The Labute approximate surface area is 121 Å². The Morgan fingerprint density at radius 2 is 2.05 bits per heavy atom. The summed E-state index contributed by atoms with van der Waals surface area (Å²) in [6.07, 6.45) is 5.13. The summed E-state index contributed by atoms with van der Waals surface area (Å²) in [6, 6.07) is 5.71. The molecule has 3 heteroatoms. The molecule has 2 rings (SSSR count). The number of nitrogens with zero attached hydrogens (tertiary/aromatic N) is 1. The van der Waals surface area contributed by atoms with E-state index in [2.05, 4.69) is 18.9 Å². The second-order valence-electron chi connectivity index (χ2n) is 6.14. The number of phenolic OH excluding ortho intramolecular Hbond substituents is 1. The Kier molecular flexibility index (Phi) is 4.81. The topological polar surface area (TPSA) is 40.5 Å². The minimum absolute atomic E-state index is 0.0416. The number of phenols is 1. The number of Topliss-reactive ketones (excluding diaryl/α,β-unsaturated/α-hetero) is 1. The third-order valence-electron chi connectivity index (χ3n) is 4.54. The van der Waals surface area contributed by atoms with E-state index in [0.29, 0.717) is 24.1 Å². The van der Waals surface area contributed by atoms with Crippen LogP contribution in [0.2, 0.25) is 0 Å². The van der Waals surface area contributed by atoms with Crippen LogP contribution in [0.4, 0.5) is 0 Å². The zero-order valence-electron chi connectivity index (χ0n) is 12.7. The van der Waals surface area contributed by atoms with E-state index in [-0.39, 0.29) is 11.5 Å². The van der Waals surface area contributed by atoms with Crippen molar-refractivity contribution in [2.45, 2.75) is 52.1 Å². The van der Waals surface area contributed by atoms with Gasteiger partial charge in [0.15, 0.2) is 5.78 Å². The molecule has 1 fully saturated rings. The van der Waals surface area contributed by atoms with Gasteiger partial charge in [0.25, 0.3) is 0 Å². The van der Waals surface area contributed by atoms with Gasteiger partial charge in [-0.25, -0.2) is 0 Å². The lowest BCUT2D eigenvalue weighted by Gasteiger charge is -2.36. The predicted molar refractivity (Wildman–Crippen MR) is 81.0 cm³/mol. The Bertz CT molecular complexity index is 484. The molecule has 0 saturated heterocycles. The van der Waals surface area contributed by atoms with Crippen LogP contribution in [0.1, 0.15) is 55.5 Å². The smallest absolute Gasteiger partial charge is 0.159 e. The molecule has 110 valence electrons. The largest absolute Gasteiger partial charge is 0.508 e. The number of aromatic hydroxyl groups is 1. The highest BCUT2D eigenvalue weighted by Gasteiger charge is 2.25. The summed E-state index contributed by atoms with van der Waals surface area (Å²) in [4.78, 5) is 13.8. The van der Waals surface area contributed by atoms with Crippen molar-refractivity contribution >= 4 is 5.78 Å². The molecule has 0 heterocycles. The van der Waals surface area contributed by atoms with E-state index in [1.807, 2.05) is 6.07 Å². The van der Waals surface area contributed by atoms with Crippen LogP contribution in [0, 0.1) is 5.92 Å². The zero-order chi connectivity index (χ0) is 14.7. The van der Waals surface area contributed by atoms with Gasteiger partial charge in [-0.1, -0.05) is 19.8 Å². The van der Waals surface area contributed by atoms with Crippen molar-refractivity contribution in [2.75, 3.05) is 7.05 Å². The monoisotopic (exact) mass is 275 g/mol. The highest BCUT2D eigenvalue weighted by Crippen LogP contribution is 2.29. The molecule has 0 amide bonds. The molecule has 1 aromatic rings. The van der Waals surface area contributed by atoms with Crippen LogP contribution in [-0.2, 0) is 6.54 Å². The van der Waals surface area contributed by atoms with Gasteiger partial charge in [-0.2, -0.15) is 0 Å². The average molecular weight is 275 g/mol. The molecule has 0 spiro atoms. The number of carbonyl (C=O) groups is 1. The normalized spacial score (nSPS) is 23.0. The Morgan fingerprint density at radius 3 is 2.70 bits per heavy atom. The molecule has 2 atom stereocenters. The van der Waals surface area contributed by atoms with E-state index in [9.17, 15) is 9.90 Å². The molecule has 1 N–H and O–H groups in total. The van der Waals surface area contributed by atoms with Crippen molar-refractivity contribution in [1.29, 1.82) is 0 Å². The van der Waals surface area contributed by atoms with Crippen LogP contribution in [0.15, 0.2) is 18.2 Å². The maximum Gasteiger partial charge on any atom is 0.159 e. The van der Waals surface area contributed by atoms with Gasteiger partial charge in [-0.15, -0.1) is 0 Å². The van der Waals surface area contributed by atoms with E-state index in [4.69, 9.17) is 0 Å². The summed E-state index contributed by atoms with van der Waals surface area (Å²) in [7, 11) is 2.12. The molecule has 1 aromatic carbocycles. The van der Waals surface area contributed by atoms with Gasteiger partial charge in [0.2, 0.25) is 0 Å². The summed E-state index contributed by atoms with van der Waals surface area (Å²) in [5.74, 6) is 1.03. The van der Waals surface area contributed by atoms with E-state index in [0.717, 1.165) is 5.56 Å². The highest BCUT2D eigenvalue weighted by atomic mass is 16.3. The van der Waals surface area contributed by atoms with Crippen LogP contribution in [-0.4, -0.2) is 28.9 Å². The summed E-state index contributed by atoms with van der Waals surface area (Å²) >= 11 is 0. The van der Waals surface area contributed by atoms with Gasteiger partial charge < -0.3 is 5.11 Å². The van der Waals surface area contributed by atoms with Crippen molar-refractivity contribution < 1.29 is 9.90 Å². The molecular weight excluding hydrogens is 250 g/mol. The molecule has 0 radical (unpaired) electrons. The van der Waals surface area contributed by atoms with E-state index < -0.39 is 0 Å². The van der Waals surface area contributed by atoms with E-state index in [1.165, 1.54) is 25.7 Å². The van der Waals surface area contributed by atoms with Crippen LogP contribution >= 0.6 is 0 Å². The fourth-order valence-corrected chi connectivity index (χ4v) is 3.27. The fraction of sp³-hybridized carbons (Fsp3) is 0.588. The maximum absolute atomic E-state index is 11.5. The Morgan fingerprint density at radius 1 is 1.35 bits per heavy atom.